The van der Waals surface area contributed by atoms with E-state index in [2.05, 4.69) is 15.4 Å². The maximum atomic E-state index is 12.9. The van der Waals surface area contributed by atoms with Crippen molar-refractivity contribution in [2.75, 3.05) is 11.1 Å². The number of amides is 1. The van der Waals surface area contributed by atoms with Crippen LogP contribution in [0.15, 0.2) is 34.2 Å². The molecule has 0 saturated carbocycles. The van der Waals surface area contributed by atoms with Crippen LogP contribution >= 0.6 is 11.8 Å². The summed E-state index contributed by atoms with van der Waals surface area (Å²) < 4.78 is 16.1. The third kappa shape index (κ3) is 3.87. The normalized spacial score (nSPS) is 11.1. The number of aromatic nitrogens is 4. The highest BCUT2D eigenvalue weighted by atomic mass is 32.2. The molecule has 0 aliphatic carbocycles. The second kappa shape index (κ2) is 7.91. The molecule has 2 aromatic heterocycles. The van der Waals surface area contributed by atoms with E-state index in [4.69, 9.17) is 0 Å². The van der Waals surface area contributed by atoms with E-state index in [9.17, 15) is 14.0 Å². The molecule has 9 heteroatoms. The number of nitrogens with one attached hydrogen (secondary N) is 1. The number of rotatable bonds is 6. The summed E-state index contributed by atoms with van der Waals surface area (Å²) in [5.41, 5.74) is 2.08. The smallest absolute Gasteiger partial charge is 0.280 e. The molecule has 3 aromatic rings. The van der Waals surface area contributed by atoms with Gasteiger partial charge in [-0.15, -0.1) is 0 Å². The Morgan fingerprint density at radius 2 is 1.93 bits per heavy atom. The Morgan fingerprint density at radius 1 is 1.22 bits per heavy atom. The van der Waals surface area contributed by atoms with Gasteiger partial charge in [-0.1, -0.05) is 11.8 Å². The molecule has 0 atom stereocenters. The van der Waals surface area contributed by atoms with Crippen LogP contribution in [0.1, 0.15) is 19.5 Å². The number of thioether (sulfide) groups is 1. The maximum Gasteiger partial charge on any atom is 0.280 e. The first kappa shape index (κ1) is 19.1. The van der Waals surface area contributed by atoms with E-state index >= 15 is 0 Å². The highest BCUT2D eigenvalue weighted by Crippen LogP contribution is 2.20. The molecule has 2 heterocycles. The number of hydrogen-bond donors (Lipinski definition) is 1. The summed E-state index contributed by atoms with van der Waals surface area (Å²) in [6.45, 7) is 6.61. The molecule has 0 unspecified atom stereocenters. The highest BCUT2D eigenvalue weighted by molar-refractivity contribution is 7.99. The van der Waals surface area contributed by atoms with E-state index in [1.807, 2.05) is 20.8 Å². The number of carbonyl (C=O) groups excluding carboxylic acids is 1. The topological polar surface area (TPSA) is 81.8 Å². The summed E-state index contributed by atoms with van der Waals surface area (Å²) in [6.07, 6.45) is 0. The number of hydrogen-bond acceptors (Lipinski definition) is 5. The summed E-state index contributed by atoms with van der Waals surface area (Å²) in [7, 11) is 0. The molecule has 27 heavy (non-hydrogen) atoms. The minimum Gasteiger partial charge on any atom is -0.325 e. The van der Waals surface area contributed by atoms with Gasteiger partial charge < -0.3 is 5.32 Å². The molecule has 1 N–H and O–H groups in total. The number of nitrogens with zero attached hydrogens (tertiary/aromatic N) is 4. The van der Waals surface area contributed by atoms with Gasteiger partial charge in [-0.2, -0.15) is 5.10 Å². The third-order valence-electron chi connectivity index (χ3n) is 4.06. The van der Waals surface area contributed by atoms with Crippen molar-refractivity contribution in [1.82, 2.24) is 19.3 Å². The molecule has 0 radical (unpaired) electrons. The SMILES string of the molecule is CCn1c(SCC(=O)Nc2ccc(F)cc2)nc2c(C)nn(CC)c2c1=O. The first-order valence-corrected chi connectivity index (χ1v) is 9.59. The van der Waals surface area contributed by atoms with Gasteiger partial charge in [0.05, 0.1) is 11.4 Å². The zero-order chi connectivity index (χ0) is 19.6. The Hall–Kier alpha value is -2.68. The lowest BCUT2D eigenvalue weighted by molar-refractivity contribution is -0.113. The van der Waals surface area contributed by atoms with Crippen LogP contribution in [0.2, 0.25) is 0 Å². The van der Waals surface area contributed by atoms with Crippen LogP contribution < -0.4 is 10.9 Å². The monoisotopic (exact) mass is 389 g/mol. The van der Waals surface area contributed by atoms with Crippen molar-refractivity contribution in [2.24, 2.45) is 0 Å². The Labute approximate surface area is 159 Å². The lowest BCUT2D eigenvalue weighted by Gasteiger charge is -2.10. The third-order valence-corrected chi connectivity index (χ3v) is 5.03. The van der Waals surface area contributed by atoms with Crippen molar-refractivity contribution in [3.63, 3.8) is 0 Å². The van der Waals surface area contributed by atoms with Crippen molar-refractivity contribution in [3.05, 3.63) is 46.1 Å². The van der Waals surface area contributed by atoms with Gasteiger partial charge in [0.15, 0.2) is 10.7 Å². The molecule has 0 saturated heterocycles. The predicted molar refractivity (Wildman–Crippen MR) is 104 cm³/mol. The zero-order valence-electron chi connectivity index (χ0n) is 15.3. The summed E-state index contributed by atoms with van der Waals surface area (Å²) >= 11 is 1.19. The fourth-order valence-corrected chi connectivity index (χ4v) is 3.62. The van der Waals surface area contributed by atoms with Crippen LogP contribution in [0.4, 0.5) is 10.1 Å². The zero-order valence-corrected chi connectivity index (χ0v) is 16.1. The molecule has 0 fully saturated rings. The molecule has 7 nitrogen and oxygen atoms in total. The lowest BCUT2D eigenvalue weighted by Crippen LogP contribution is -2.25. The average molecular weight is 389 g/mol. The van der Waals surface area contributed by atoms with Crippen LogP contribution in [-0.2, 0) is 17.9 Å². The van der Waals surface area contributed by atoms with E-state index in [0.717, 1.165) is 0 Å². The molecule has 1 aromatic carbocycles. The van der Waals surface area contributed by atoms with E-state index in [0.29, 0.717) is 40.7 Å². The number of halogens is 1. The van der Waals surface area contributed by atoms with Crippen molar-refractivity contribution in [3.8, 4) is 0 Å². The van der Waals surface area contributed by atoms with Gasteiger partial charge in [-0.3, -0.25) is 18.8 Å². The molecular weight excluding hydrogens is 369 g/mol. The standard InChI is InChI=1S/C18H20FN5O2S/c1-4-23-17(26)16-15(11(3)22-24(16)5-2)21-18(23)27-10-14(25)20-13-8-6-12(19)7-9-13/h6-9H,4-5,10H2,1-3H3,(H,20,25). The molecule has 0 bridgehead atoms. The minimum atomic E-state index is -0.366. The number of carbonyl (C=O) groups is 1. The second-order valence-corrected chi connectivity index (χ2v) is 6.83. The number of anilines is 1. The molecule has 0 spiro atoms. The average Bonchev–Trinajstić information content (AvgIpc) is 2.98. The van der Waals surface area contributed by atoms with Crippen molar-refractivity contribution < 1.29 is 9.18 Å². The highest BCUT2D eigenvalue weighted by Gasteiger charge is 2.18. The van der Waals surface area contributed by atoms with Crippen molar-refractivity contribution >= 4 is 34.4 Å². The van der Waals surface area contributed by atoms with Crippen LogP contribution in [0.3, 0.4) is 0 Å². The van der Waals surface area contributed by atoms with E-state index in [1.54, 1.807) is 9.25 Å². The number of benzene rings is 1. The van der Waals surface area contributed by atoms with Gasteiger partial charge in [-0.25, -0.2) is 9.37 Å². The molecule has 0 aliphatic heterocycles. The number of fused-ring (bicyclic) bond motifs is 1. The molecule has 142 valence electrons. The molecule has 3 rings (SSSR count). The second-order valence-electron chi connectivity index (χ2n) is 5.89. The summed E-state index contributed by atoms with van der Waals surface area (Å²) in [6, 6.07) is 5.54. The van der Waals surface area contributed by atoms with Gasteiger partial charge in [0, 0.05) is 18.8 Å². The predicted octanol–water partition coefficient (Wildman–Crippen LogP) is 2.81. The fraction of sp³-hybridized carbons (Fsp3) is 0.333. The quantitative estimate of drug-likeness (QED) is 0.518. The summed E-state index contributed by atoms with van der Waals surface area (Å²) in [4.78, 5) is 29.6. The first-order chi connectivity index (χ1) is 12.9. The van der Waals surface area contributed by atoms with Crippen LogP contribution in [0, 0.1) is 12.7 Å². The van der Waals surface area contributed by atoms with Gasteiger partial charge in [0.1, 0.15) is 11.3 Å². The van der Waals surface area contributed by atoms with Gasteiger partial charge in [0.25, 0.3) is 5.56 Å². The van der Waals surface area contributed by atoms with Crippen LogP contribution in [0.5, 0.6) is 0 Å². The van der Waals surface area contributed by atoms with Crippen molar-refractivity contribution in [1.29, 1.82) is 0 Å². The van der Waals surface area contributed by atoms with Crippen molar-refractivity contribution in [2.45, 2.75) is 39.0 Å². The minimum absolute atomic E-state index is 0.0796. The summed E-state index contributed by atoms with van der Waals surface area (Å²) in [5, 5.41) is 7.54. The van der Waals surface area contributed by atoms with E-state index in [-0.39, 0.29) is 23.0 Å². The number of aryl methyl sites for hydroxylation is 2. The largest absolute Gasteiger partial charge is 0.325 e. The van der Waals surface area contributed by atoms with Crippen LogP contribution in [-0.4, -0.2) is 31.0 Å². The Kier molecular flexibility index (Phi) is 5.59. The Balaban J connectivity index is 1.84. The lowest BCUT2D eigenvalue weighted by atomic mass is 10.3. The fourth-order valence-electron chi connectivity index (χ4n) is 2.77. The van der Waals surface area contributed by atoms with E-state index in [1.165, 1.54) is 36.0 Å². The Morgan fingerprint density at radius 3 is 2.56 bits per heavy atom. The summed E-state index contributed by atoms with van der Waals surface area (Å²) in [5.74, 6) is -0.546. The first-order valence-electron chi connectivity index (χ1n) is 8.60. The molecule has 0 aliphatic rings. The molecule has 1 amide bonds. The van der Waals surface area contributed by atoms with Gasteiger partial charge in [0.2, 0.25) is 5.91 Å². The van der Waals surface area contributed by atoms with Gasteiger partial charge >= 0.3 is 0 Å². The van der Waals surface area contributed by atoms with Crippen LogP contribution in [0.25, 0.3) is 11.0 Å². The Bertz CT molecular complexity index is 1040. The molecular formula is C18H20FN5O2S. The van der Waals surface area contributed by atoms with Gasteiger partial charge in [-0.05, 0) is 45.0 Å². The van der Waals surface area contributed by atoms with E-state index < -0.39 is 0 Å². The maximum absolute atomic E-state index is 12.9.